The highest BCUT2D eigenvalue weighted by Gasteiger charge is 2.05. The largest absolute Gasteiger partial charge is 0.296 e. The Bertz CT molecular complexity index is 935. The van der Waals surface area contributed by atoms with Crippen molar-refractivity contribution in [3.63, 3.8) is 0 Å². The van der Waals surface area contributed by atoms with Crippen molar-refractivity contribution in [3.8, 4) is 11.3 Å². The van der Waals surface area contributed by atoms with Gasteiger partial charge >= 0.3 is 0 Å². The number of anilines is 1. The molecule has 2 aromatic carbocycles. The molecule has 112 valence electrons. The van der Waals surface area contributed by atoms with Crippen molar-refractivity contribution >= 4 is 26.8 Å². The van der Waals surface area contributed by atoms with E-state index < -0.39 is 10.2 Å². The van der Waals surface area contributed by atoms with Gasteiger partial charge in [-0.25, -0.2) is 10.1 Å². The van der Waals surface area contributed by atoms with Crippen LogP contribution in [0.15, 0.2) is 54.6 Å². The highest BCUT2D eigenvalue weighted by Crippen LogP contribution is 2.23. The van der Waals surface area contributed by atoms with E-state index in [4.69, 9.17) is 5.14 Å². The van der Waals surface area contributed by atoms with Gasteiger partial charge in [-0.1, -0.05) is 29.8 Å². The quantitative estimate of drug-likeness (QED) is 0.779. The fourth-order valence-electron chi connectivity index (χ4n) is 2.28. The maximum Gasteiger partial charge on any atom is 0.296 e. The third-order valence-corrected chi connectivity index (χ3v) is 3.81. The zero-order chi connectivity index (χ0) is 15.7. The van der Waals surface area contributed by atoms with Crippen LogP contribution in [-0.2, 0) is 10.2 Å². The molecule has 6 heteroatoms. The standard InChI is InChI=1S/C16H15N3O2S/c1-11-2-8-16-13(10-11)5-9-15(18-16)12-3-6-14(7-4-12)19-22(17,20)21/h2-10,19H,1H3,(H2,17,20,21). The van der Waals surface area contributed by atoms with Gasteiger partial charge in [-0.3, -0.25) is 4.72 Å². The lowest BCUT2D eigenvalue weighted by atomic mass is 10.1. The lowest BCUT2D eigenvalue weighted by Crippen LogP contribution is -2.21. The molecule has 0 amide bonds. The summed E-state index contributed by atoms with van der Waals surface area (Å²) in [6.45, 7) is 2.05. The van der Waals surface area contributed by atoms with E-state index in [1.165, 1.54) is 5.56 Å². The number of aryl methyl sites for hydroxylation is 1. The van der Waals surface area contributed by atoms with E-state index in [2.05, 4.69) is 15.8 Å². The van der Waals surface area contributed by atoms with Crippen molar-refractivity contribution in [2.75, 3.05) is 4.72 Å². The molecule has 0 aliphatic carbocycles. The number of rotatable bonds is 3. The summed E-state index contributed by atoms with van der Waals surface area (Å²) in [5, 5.41) is 6.03. The molecular formula is C16H15N3O2S. The Labute approximate surface area is 129 Å². The van der Waals surface area contributed by atoms with E-state index in [-0.39, 0.29) is 0 Å². The monoisotopic (exact) mass is 313 g/mol. The van der Waals surface area contributed by atoms with Crippen molar-refractivity contribution in [1.29, 1.82) is 0 Å². The molecule has 0 radical (unpaired) electrons. The molecule has 0 saturated carbocycles. The second-order valence-corrected chi connectivity index (χ2v) is 6.41. The van der Waals surface area contributed by atoms with E-state index in [1.807, 2.05) is 31.2 Å². The van der Waals surface area contributed by atoms with Crippen LogP contribution in [0.4, 0.5) is 5.69 Å². The molecule has 0 unspecified atom stereocenters. The van der Waals surface area contributed by atoms with E-state index in [0.29, 0.717) is 5.69 Å². The van der Waals surface area contributed by atoms with Gasteiger partial charge in [0.15, 0.2) is 0 Å². The van der Waals surface area contributed by atoms with Crippen LogP contribution in [0.3, 0.4) is 0 Å². The molecule has 1 aromatic heterocycles. The summed E-state index contributed by atoms with van der Waals surface area (Å²) in [6, 6.07) is 17.0. The number of benzene rings is 2. The van der Waals surface area contributed by atoms with Crippen LogP contribution in [0, 0.1) is 6.92 Å². The average Bonchev–Trinajstić information content (AvgIpc) is 2.46. The minimum atomic E-state index is -3.75. The number of aromatic nitrogens is 1. The first-order chi connectivity index (χ1) is 10.4. The molecule has 3 N–H and O–H groups in total. The fraction of sp³-hybridized carbons (Fsp3) is 0.0625. The molecule has 5 nitrogen and oxygen atoms in total. The molecule has 3 aromatic rings. The van der Waals surface area contributed by atoms with Crippen LogP contribution in [-0.4, -0.2) is 13.4 Å². The maximum atomic E-state index is 11.0. The summed E-state index contributed by atoms with van der Waals surface area (Å²) in [4.78, 5) is 4.63. The van der Waals surface area contributed by atoms with Gasteiger partial charge in [-0.05, 0) is 37.3 Å². The Morgan fingerprint density at radius 1 is 1.00 bits per heavy atom. The fourth-order valence-corrected chi connectivity index (χ4v) is 2.74. The van der Waals surface area contributed by atoms with Gasteiger partial charge in [0.2, 0.25) is 0 Å². The highest BCUT2D eigenvalue weighted by molar-refractivity contribution is 7.90. The van der Waals surface area contributed by atoms with Crippen molar-refractivity contribution in [3.05, 3.63) is 60.2 Å². The number of hydrogen-bond donors (Lipinski definition) is 2. The van der Waals surface area contributed by atoms with Gasteiger partial charge in [0.05, 0.1) is 11.2 Å². The zero-order valence-corrected chi connectivity index (χ0v) is 12.8. The minimum absolute atomic E-state index is 0.419. The predicted octanol–water partition coefficient (Wildman–Crippen LogP) is 2.83. The second kappa shape index (κ2) is 5.40. The summed E-state index contributed by atoms with van der Waals surface area (Å²) in [7, 11) is -3.75. The summed E-state index contributed by atoms with van der Waals surface area (Å²) in [5.74, 6) is 0. The van der Waals surface area contributed by atoms with E-state index >= 15 is 0 Å². The number of nitrogens with zero attached hydrogens (tertiary/aromatic N) is 1. The van der Waals surface area contributed by atoms with Gasteiger partial charge in [-0.15, -0.1) is 0 Å². The first-order valence-electron chi connectivity index (χ1n) is 6.69. The van der Waals surface area contributed by atoms with E-state index in [9.17, 15) is 8.42 Å². The van der Waals surface area contributed by atoms with Crippen LogP contribution < -0.4 is 9.86 Å². The van der Waals surface area contributed by atoms with E-state index in [0.717, 1.165) is 22.2 Å². The number of nitrogens with one attached hydrogen (secondary N) is 1. The van der Waals surface area contributed by atoms with Gasteiger partial charge in [0.25, 0.3) is 10.2 Å². The molecule has 0 aliphatic heterocycles. The van der Waals surface area contributed by atoms with Crippen LogP contribution in [0.1, 0.15) is 5.56 Å². The van der Waals surface area contributed by atoms with Crippen LogP contribution in [0.5, 0.6) is 0 Å². The maximum absolute atomic E-state index is 11.0. The lowest BCUT2D eigenvalue weighted by Gasteiger charge is -2.06. The Hall–Kier alpha value is -2.44. The molecule has 0 spiro atoms. The summed E-state index contributed by atoms with van der Waals surface area (Å²) in [6.07, 6.45) is 0. The van der Waals surface area contributed by atoms with Crippen LogP contribution in [0.2, 0.25) is 0 Å². The molecule has 3 rings (SSSR count). The number of hydrogen-bond acceptors (Lipinski definition) is 3. The minimum Gasteiger partial charge on any atom is -0.271 e. The number of fused-ring (bicyclic) bond motifs is 1. The van der Waals surface area contributed by atoms with Crippen LogP contribution in [0.25, 0.3) is 22.2 Å². The normalized spacial score (nSPS) is 11.5. The zero-order valence-electron chi connectivity index (χ0n) is 11.9. The molecular weight excluding hydrogens is 298 g/mol. The van der Waals surface area contributed by atoms with Gasteiger partial charge in [0, 0.05) is 16.6 Å². The third kappa shape index (κ3) is 3.24. The smallest absolute Gasteiger partial charge is 0.271 e. The summed E-state index contributed by atoms with van der Waals surface area (Å²) < 4.78 is 24.2. The second-order valence-electron chi connectivity index (χ2n) is 5.12. The molecule has 1 heterocycles. The average molecular weight is 313 g/mol. The van der Waals surface area contributed by atoms with Gasteiger partial charge in [0.1, 0.15) is 0 Å². The molecule has 0 aliphatic rings. The Kier molecular flexibility index (Phi) is 3.56. The molecule has 0 saturated heterocycles. The van der Waals surface area contributed by atoms with Crippen LogP contribution >= 0.6 is 0 Å². The van der Waals surface area contributed by atoms with E-state index in [1.54, 1.807) is 24.3 Å². The lowest BCUT2D eigenvalue weighted by molar-refractivity contribution is 0.603. The predicted molar refractivity (Wildman–Crippen MR) is 88.6 cm³/mol. The van der Waals surface area contributed by atoms with Gasteiger partial charge in [-0.2, -0.15) is 8.42 Å². The van der Waals surface area contributed by atoms with Gasteiger partial charge < -0.3 is 0 Å². The number of pyridine rings is 1. The topological polar surface area (TPSA) is 85.1 Å². The molecule has 0 fully saturated rings. The van der Waals surface area contributed by atoms with Crippen molar-refractivity contribution in [2.45, 2.75) is 6.92 Å². The molecule has 0 atom stereocenters. The SMILES string of the molecule is Cc1ccc2nc(-c3ccc(NS(N)(=O)=O)cc3)ccc2c1. The third-order valence-electron chi connectivity index (χ3n) is 3.29. The molecule has 22 heavy (non-hydrogen) atoms. The summed E-state index contributed by atoms with van der Waals surface area (Å²) >= 11 is 0. The van der Waals surface area contributed by atoms with Crippen molar-refractivity contribution in [2.24, 2.45) is 5.14 Å². The highest BCUT2D eigenvalue weighted by atomic mass is 32.2. The Morgan fingerprint density at radius 3 is 2.41 bits per heavy atom. The van der Waals surface area contributed by atoms with Crippen molar-refractivity contribution < 1.29 is 8.42 Å². The first-order valence-corrected chi connectivity index (χ1v) is 8.24. The number of nitrogens with two attached hydrogens (primary N) is 1. The molecule has 0 bridgehead atoms. The Balaban J connectivity index is 1.95. The summed E-state index contributed by atoms with van der Waals surface area (Å²) in [5.41, 5.74) is 4.28. The van der Waals surface area contributed by atoms with Crippen molar-refractivity contribution in [1.82, 2.24) is 4.98 Å². The first kappa shape index (κ1) is 14.5. The Morgan fingerprint density at radius 2 is 1.73 bits per heavy atom.